The lowest BCUT2D eigenvalue weighted by atomic mass is 10.0. The fourth-order valence-corrected chi connectivity index (χ4v) is 1.41. The standard InChI is InChI=1S/C7H13NO2/c1-8-5-3-2-4-6(8)7(9)10/h6H,2-5H2,1H3,(H,9,10)/p+1/t6-/m1/s1. The molecular formula is C7H14NO2+. The van der Waals surface area contributed by atoms with Crippen molar-refractivity contribution in [2.24, 2.45) is 0 Å². The number of hydrogen-bond acceptors (Lipinski definition) is 2. The van der Waals surface area contributed by atoms with E-state index in [0.29, 0.717) is 0 Å². The zero-order valence-corrected chi connectivity index (χ0v) is 6.26. The maximum Gasteiger partial charge on any atom is 0.533 e. The van der Waals surface area contributed by atoms with Gasteiger partial charge in [-0.05, 0) is 32.9 Å². The van der Waals surface area contributed by atoms with Crippen molar-refractivity contribution in [3.05, 3.63) is 0 Å². The smallest absolute Gasteiger partial charge is 0.533 e. The summed E-state index contributed by atoms with van der Waals surface area (Å²) in [5.41, 5.74) is 0. The van der Waals surface area contributed by atoms with Crippen LogP contribution in [0.15, 0.2) is 0 Å². The second-order valence-electron chi connectivity index (χ2n) is 2.86. The molecule has 3 nitrogen and oxygen atoms in total. The van der Waals surface area contributed by atoms with Gasteiger partial charge in [0.05, 0.1) is 0 Å². The topological polar surface area (TPSA) is 43.2 Å². The molecule has 0 aromatic rings. The van der Waals surface area contributed by atoms with Crippen LogP contribution in [0.1, 0.15) is 19.3 Å². The van der Waals surface area contributed by atoms with E-state index in [1.165, 1.54) is 6.42 Å². The van der Waals surface area contributed by atoms with Gasteiger partial charge in [0.15, 0.2) is 6.04 Å². The fraction of sp³-hybridized carbons (Fsp3) is 0.857. The largest absolute Gasteiger partial charge is 0.564 e. The van der Waals surface area contributed by atoms with Gasteiger partial charge < -0.3 is 5.11 Å². The van der Waals surface area contributed by atoms with Crippen LogP contribution in [0, 0.1) is 0 Å². The summed E-state index contributed by atoms with van der Waals surface area (Å²) < 4.78 is 0. The van der Waals surface area contributed by atoms with Crippen molar-refractivity contribution < 1.29 is 9.90 Å². The third-order valence-corrected chi connectivity index (χ3v) is 2.07. The molecule has 2 N–H and O–H groups in total. The van der Waals surface area contributed by atoms with Crippen LogP contribution >= 0.6 is 0 Å². The molecule has 3 heteroatoms. The van der Waals surface area contributed by atoms with Gasteiger partial charge in [0.25, 0.3) is 0 Å². The lowest BCUT2D eigenvalue weighted by Gasteiger charge is -2.26. The van der Waals surface area contributed by atoms with E-state index >= 15 is 0 Å². The molecule has 0 unspecified atom stereocenters. The Morgan fingerprint density at radius 2 is 2.30 bits per heavy atom. The Bertz CT molecular complexity index is 136. The molecule has 0 aromatic carbocycles. The van der Waals surface area contributed by atoms with Crippen molar-refractivity contribution in [1.29, 1.82) is 0 Å². The molecule has 10 heavy (non-hydrogen) atoms. The third-order valence-electron chi connectivity index (χ3n) is 2.07. The molecule has 58 valence electrons. The summed E-state index contributed by atoms with van der Waals surface area (Å²) in [5, 5.41) is 6.92. The lowest BCUT2D eigenvalue weighted by Crippen LogP contribution is -2.41. The Kier molecular flexibility index (Phi) is 2.27. The first-order valence-electron chi connectivity index (χ1n) is 3.67. The van der Waals surface area contributed by atoms with Gasteiger partial charge in [0.1, 0.15) is 0 Å². The maximum absolute atomic E-state index is 10.6. The molecule has 0 bridgehead atoms. The van der Waals surface area contributed by atoms with E-state index in [9.17, 15) is 4.79 Å². The summed E-state index contributed by atoms with van der Waals surface area (Å²) in [6.45, 7) is 0.968. The van der Waals surface area contributed by atoms with Crippen LogP contribution in [-0.4, -0.2) is 35.6 Å². The summed E-state index contributed by atoms with van der Waals surface area (Å²) >= 11 is 0. The Balaban J connectivity index is 2.47. The molecule has 0 aliphatic carbocycles. The summed E-state index contributed by atoms with van der Waals surface area (Å²) in [6.07, 6.45) is 3.14. The minimum absolute atomic E-state index is 0.117. The molecule has 0 saturated carbocycles. The van der Waals surface area contributed by atoms with Crippen LogP contribution in [-0.2, 0) is 4.79 Å². The van der Waals surface area contributed by atoms with E-state index < -0.39 is 5.97 Å². The number of piperidine rings is 1. The number of nitrogens with zero attached hydrogens (tertiary/aromatic N) is 1. The average Bonchev–Trinajstić information content (AvgIpc) is 1.88. The molecular weight excluding hydrogens is 130 g/mol. The normalized spacial score (nSPS) is 28.3. The maximum atomic E-state index is 10.6. The van der Waals surface area contributed by atoms with E-state index in [4.69, 9.17) is 5.11 Å². The van der Waals surface area contributed by atoms with Gasteiger partial charge in [-0.2, -0.15) is 0 Å². The van der Waals surface area contributed by atoms with Gasteiger partial charge in [-0.1, -0.05) is 0 Å². The molecule has 1 rings (SSSR count). The number of carbonyl (C=O) groups is 1. The highest BCUT2D eigenvalue weighted by atomic mass is 16.4. The van der Waals surface area contributed by atoms with Crippen LogP contribution in [0.2, 0.25) is 0 Å². The summed E-state index contributed by atoms with van der Waals surface area (Å²) in [4.78, 5) is 12.6. The number of likely N-dealkylation sites (N-methyl/N-ethyl adjacent to an activating group) is 1. The SMILES string of the molecule is CN1CCCC[C@@H]1C(=O)[OH2+]. The Labute approximate surface area is 60.6 Å². The van der Waals surface area contributed by atoms with E-state index in [-0.39, 0.29) is 6.04 Å². The predicted molar refractivity (Wildman–Crippen MR) is 38.9 cm³/mol. The van der Waals surface area contributed by atoms with Crippen molar-refractivity contribution in [3.63, 3.8) is 0 Å². The summed E-state index contributed by atoms with van der Waals surface area (Å²) in [5.74, 6) is -0.429. The van der Waals surface area contributed by atoms with Gasteiger partial charge in [-0.15, -0.1) is 0 Å². The van der Waals surface area contributed by atoms with Crippen molar-refractivity contribution in [3.8, 4) is 0 Å². The number of carbonyl (C=O) groups excluding carboxylic acids is 1. The van der Waals surface area contributed by atoms with Gasteiger partial charge >= 0.3 is 5.97 Å². The van der Waals surface area contributed by atoms with Gasteiger partial charge in [0.2, 0.25) is 0 Å². The Morgan fingerprint density at radius 1 is 1.60 bits per heavy atom. The molecule has 1 atom stereocenters. The van der Waals surface area contributed by atoms with Crippen molar-refractivity contribution >= 4 is 5.97 Å². The first-order chi connectivity index (χ1) is 4.72. The first-order valence-corrected chi connectivity index (χ1v) is 3.67. The van der Waals surface area contributed by atoms with Crippen molar-refractivity contribution in [1.82, 2.24) is 4.90 Å². The van der Waals surface area contributed by atoms with Gasteiger partial charge in [0, 0.05) is 4.79 Å². The van der Waals surface area contributed by atoms with Crippen molar-refractivity contribution in [2.45, 2.75) is 25.3 Å². The van der Waals surface area contributed by atoms with Crippen LogP contribution in [0.4, 0.5) is 0 Å². The highest BCUT2D eigenvalue weighted by Gasteiger charge is 2.30. The molecule has 0 spiro atoms. The molecule has 1 saturated heterocycles. The van der Waals surface area contributed by atoms with E-state index in [1.54, 1.807) is 0 Å². The van der Waals surface area contributed by atoms with Gasteiger partial charge in [-0.3, -0.25) is 4.90 Å². The Hall–Kier alpha value is -0.570. The minimum atomic E-state index is -0.429. The second kappa shape index (κ2) is 3.01. The lowest BCUT2D eigenvalue weighted by molar-refractivity contribution is -0.143. The first kappa shape index (κ1) is 7.54. The number of rotatable bonds is 1. The van der Waals surface area contributed by atoms with Crippen molar-refractivity contribution in [2.75, 3.05) is 13.6 Å². The van der Waals surface area contributed by atoms with Crippen LogP contribution < -0.4 is 0 Å². The fourth-order valence-electron chi connectivity index (χ4n) is 1.41. The number of likely N-dealkylation sites (tertiary alicyclic amines) is 1. The summed E-state index contributed by atoms with van der Waals surface area (Å²) in [6, 6.07) is -0.117. The monoisotopic (exact) mass is 144 g/mol. The third kappa shape index (κ3) is 1.48. The van der Waals surface area contributed by atoms with E-state index in [2.05, 4.69) is 0 Å². The molecule has 1 aliphatic heterocycles. The summed E-state index contributed by atoms with van der Waals surface area (Å²) in [7, 11) is 1.91. The van der Waals surface area contributed by atoms with E-state index in [1.807, 2.05) is 11.9 Å². The van der Waals surface area contributed by atoms with Crippen LogP contribution in [0.5, 0.6) is 0 Å². The highest BCUT2D eigenvalue weighted by molar-refractivity contribution is 5.73. The second-order valence-corrected chi connectivity index (χ2v) is 2.86. The zero-order valence-electron chi connectivity index (χ0n) is 6.26. The number of hydrogen-bond donors (Lipinski definition) is 0. The highest BCUT2D eigenvalue weighted by Crippen LogP contribution is 2.14. The molecule has 0 amide bonds. The van der Waals surface area contributed by atoms with Crippen LogP contribution in [0.3, 0.4) is 0 Å². The van der Waals surface area contributed by atoms with Gasteiger partial charge in [-0.25, -0.2) is 0 Å². The van der Waals surface area contributed by atoms with Crippen LogP contribution in [0.25, 0.3) is 0 Å². The minimum Gasteiger partial charge on any atom is -0.564 e. The predicted octanol–water partition coefficient (Wildman–Crippen LogP) is -0.278. The molecule has 0 radical (unpaired) electrons. The molecule has 1 heterocycles. The quantitative estimate of drug-likeness (QED) is 0.475. The van der Waals surface area contributed by atoms with E-state index in [0.717, 1.165) is 19.4 Å². The zero-order chi connectivity index (χ0) is 7.56. The average molecular weight is 144 g/mol. The molecule has 1 aliphatic rings. The molecule has 0 aromatic heterocycles. The Morgan fingerprint density at radius 3 is 2.70 bits per heavy atom. The molecule has 1 fully saturated rings.